The molecule has 17 rings (SSSR count). The van der Waals surface area contributed by atoms with Gasteiger partial charge in [0.25, 0.3) is 29.5 Å². The number of hydroxylamine groups is 5. The molecule has 4 atom stereocenters. The number of hydrogen-bond donors (Lipinski definition) is 10. The molecule has 30 nitrogen and oxygen atoms in total. The van der Waals surface area contributed by atoms with Crippen LogP contribution in [-0.2, 0) is 49.8 Å². The van der Waals surface area contributed by atoms with Gasteiger partial charge in [-0.05, 0) is 278 Å². The maximum absolute atomic E-state index is 11.2. The Hall–Kier alpha value is -13.2. The Morgan fingerprint density at radius 3 is 0.971 bits per heavy atom. The molecule has 726 valence electrons. The second-order valence-corrected chi connectivity index (χ2v) is 35.8. The Balaban J connectivity index is 0.000000146. The predicted molar refractivity (Wildman–Crippen MR) is 544 cm³/mol. The topological polar surface area (TPSA) is 352 Å². The van der Waals surface area contributed by atoms with E-state index in [1.165, 1.54) is 144 Å². The van der Waals surface area contributed by atoms with Crippen molar-refractivity contribution in [1.82, 2.24) is 99.7 Å². The van der Waals surface area contributed by atoms with E-state index in [0.717, 1.165) is 200 Å². The first kappa shape index (κ1) is 102. The molecule has 9 heterocycles. The van der Waals surface area contributed by atoms with Gasteiger partial charge < -0.3 is 47.3 Å². The lowest BCUT2D eigenvalue weighted by Crippen LogP contribution is -2.37. The molecule has 13 aromatic rings. The molecule has 4 unspecified atom stereocenters. The van der Waals surface area contributed by atoms with Gasteiger partial charge in [0.15, 0.2) is 0 Å². The van der Waals surface area contributed by atoms with Crippen molar-refractivity contribution in [2.75, 3.05) is 98.2 Å². The number of benzene rings is 8. The van der Waals surface area contributed by atoms with Crippen LogP contribution in [0.5, 0.6) is 0 Å². The van der Waals surface area contributed by atoms with E-state index in [1.54, 1.807) is 57.8 Å². The summed E-state index contributed by atoms with van der Waals surface area (Å²) in [6, 6.07) is 63.7. The number of piperidine rings is 3. The van der Waals surface area contributed by atoms with Crippen LogP contribution in [-0.4, -0.2) is 226 Å². The molecule has 4 aliphatic heterocycles. The number of aryl methyl sites for hydroxylation is 2. The van der Waals surface area contributed by atoms with Crippen molar-refractivity contribution in [1.29, 1.82) is 0 Å². The first-order chi connectivity index (χ1) is 67.6. The molecule has 0 saturated carbocycles. The van der Waals surface area contributed by atoms with E-state index in [-0.39, 0.29) is 0 Å². The molecule has 8 aromatic carbocycles. The second kappa shape index (κ2) is 54.0. The number of fused-ring (bicyclic) bond motifs is 5. The molecule has 10 N–H and O–H groups in total. The molecular weight excluding hydrogens is 1740 g/mol. The van der Waals surface area contributed by atoms with Gasteiger partial charge in [-0.1, -0.05) is 161 Å². The number of nitrogens with one attached hydrogen (secondary N) is 5. The highest BCUT2D eigenvalue weighted by molar-refractivity contribution is 5.95. The van der Waals surface area contributed by atoms with Crippen molar-refractivity contribution >= 4 is 115 Å². The van der Waals surface area contributed by atoms with Crippen LogP contribution in [0.15, 0.2) is 244 Å². The van der Waals surface area contributed by atoms with Crippen LogP contribution in [0, 0.1) is 0 Å². The number of likely N-dealkylation sites (tertiary alicyclic amines) is 4. The Kier molecular flexibility index (Phi) is 40.0. The van der Waals surface area contributed by atoms with Crippen molar-refractivity contribution in [3.05, 3.63) is 289 Å². The number of unbranched alkanes of at least 4 members (excludes halogenated alkanes) is 3. The van der Waals surface area contributed by atoms with E-state index < -0.39 is 29.5 Å². The summed E-state index contributed by atoms with van der Waals surface area (Å²) in [5.41, 5.74) is 26.7. The molecule has 4 aliphatic rings. The fourth-order valence-corrected chi connectivity index (χ4v) is 18.7. The van der Waals surface area contributed by atoms with E-state index in [1.807, 2.05) is 98.4 Å². The molecule has 0 radical (unpaired) electrons. The average molecular weight is 1870 g/mol. The Bertz CT molecular complexity index is 6180. The third-order valence-electron chi connectivity index (χ3n) is 26.1. The maximum Gasteiger partial charge on any atom is 0.267 e. The van der Waals surface area contributed by atoms with Crippen LogP contribution in [0.25, 0.3) is 85.5 Å². The summed E-state index contributed by atoms with van der Waals surface area (Å²) in [6.07, 6.45) is 44.6. The average Bonchev–Trinajstić information content (AvgIpc) is 1.66. The number of rotatable bonds is 36. The van der Waals surface area contributed by atoms with Crippen molar-refractivity contribution < 1.29 is 50.0 Å². The highest BCUT2D eigenvalue weighted by Crippen LogP contribution is 2.33. The molecule has 138 heavy (non-hydrogen) atoms. The highest BCUT2D eigenvalue weighted by atomic mass is 16.5. The fourth-order valence-electron chi connectivity index (χ4n) is 18.7. The van der Waals surface area contributed by atoms with Crippen LogP contribution in [0.2, 0.25) is 0 Å². The molecular formula is C108H134N20O10. The first-order valence-electron chi connectivity index (χ1n) is 48.7. The summed E-state index contributed by atoms with van der Waals surface area (Å²) in [4.78, 5) is 91.1. The molecule has 4 saturated heterocycles. The first-order valence-corrected chi connectivity index (χ1v) is 48.7. The van der Waals surface area contributed by atoms with Crippen molar-refractivity contribution in [2.24, 2.45) is 0 Å². The van der Waals surface area contributed by atoms with Crippen molar-refractivity contribution in [3.63, 3.8) is 0 Å². The molecule has 4 fully saturated rings. The van der Waals surface area contributed by atoms with Gasteiger partial charge in [0.1, 0.15) is 0 Å². The van der Waals surface area contributed by atoms with Gasteiger partial charge in [-0.2, -0.15) is 0 Å². The normalized spacial score (nSPS) is 16.7. The minimum Gasteiger partial charge on any atom is -0.329 e. The second-order valence-electron chi connectivity index (χ2n) is 35.8. The summed E-state index contributed by atoms with van der Waals surface area (Å²) < 4.78 is 11.3. The maximum atomic E-state index is 11.2. The fraction of sp³-hybridized carbons (Fsp3) is 0.370. The smallest absolute Gasteiger partial charge is 0.267 e. The summed E-state index contributed by atoms with van der Waals surface area (Å²) in [5.74, 6) is -2.73. The highest BCUT2D eigenvalue weighted by Gasteiger charge is 2.28. The van der Waals surface area contributed by atoms with Crippen LogP contribution >= 0.6 is 0 Å². The van der Waals surface area contributed by atoms with Crippen LogP contribution in [0.4, 0.5) is 0 Å². The van der Waals surface area contributed by atoms with E-state index in [9.17, 15) is 24.0 Å². The van der Waals surface area contributed by atoms with E-state index in [4.69, 9.17) is 26.0 Å². The lowest BCUT2D eigenvalue weighted by atomic mass is 10.0. The van der Waals surface area contributed by atoms with E-state index in [2.05, 4.69) is 208 Å². The number of likely N-dealkylation sites (N-methyl/N-ethyl adjacent to an activating group) is 1. The van der Waals surface area contributed by atoms with Gasteiger partial charge in [-0.15, -0.1) is 0 Å². The molecule has 30 heteroatoms. The lowest BCUT2D eigenvalue weighted by Gasteiger charge is -2.33. The quantitative estimate of drug-likeness (QED) is 0.00754. The standard InChI is InChI=1S/C24H28N4O2.2C23H26N4O2.C20H28N4O2.C18H26N4O2/c29-24(26-30)13-11-20-10-12-23-22(16-20)25-18-28(23)21-9-5-15-27(17-21)14-4-8-19-6-2-1-3-7-19;28-23(25-29)11-9-19-8-10-22-21(15-19)24-17-27(22)20-7-4-13-26(16-20)14-12-18-5-2-1-3-6-18;28-23(25-29)11-9-19-8-10-22-21(15-19)24-17-27(22)20-12-14-26(16-20)13-4-7-18-5-2-1-3-6-18;1-2-3-4-11-23-12-5-6-17(14-23)24-15-21-18-13-16(7-9-19(18)24)8-10-20(25)22-26;1-3-5-10-21(4-2)11-12-22-14-19-16-13-15(6-8-17(16)22)7-9-18(23)20-24/h1-3,6-7,10-13,16,18,21,30H,4-5,8-9,14-15,17H2,(H,26,29);2*1-3,5-6,8-11,15,17,20,29H,4,7,12-14,16H2,(H,25,28);7-10,13,15,17,26H,2-6,11-12,14H2,1H3,(H,22,25);6-9,13-14,24H,3-5,10-12H2,1-2H3,(H,20,23)/b13-11+;2*11-9+;10-8+;9-7+. The minimum absolute atomic E-state index is 0.422. The van der Waals surface area contributed by atoms with E-state index >= 15 is 0 Å². The zero-order valence-electron chi connectivity index (χ0n) is 79.6. The van der Waals surface area contributed by atoms with Crippen LogP contribution in [0.1, 0.15) is 179 Å². The Morgan fingerprint density at radius 1 is 0.326 bits per heavy atom. The summed E-state index contributed by atoms with van der Waals surface area (Å²) in [7, 11) is 0. The van der Waals surface area contributed by atoms with Gasteiger partial charge in [0.2, 0.25) is 0 Å². The SMILES string of the molecule is CCCCCN1CCCC(n2cnc3cc(/C=C/C(=O)NO)ccc32)C1.CCCCN(CC)CCn1cnc2cc(/C=C/C(=O)NO)ccc21.O=C(/C=C/c1ccc2c(c1)ncn2C1CCCN(CCCc2ccccc2)C1)NO.O=C(/C=C/c1ccc2c(c1)ncn2C1CCCN(CCc2ccccc2)C1)NO.O=C(/C=C/c1ccc2c(c1)ncn2C1CCN(CCCc2ccccc2)C1)NO. The Labute approximate surface area is 807 Å². The molecule has 5 amide bonds. The largest absolute Gasteiger partial charge is 0.329 e. The predicted octanol–water partition coefficient (Wildman–Crippen LogP) is 16.8. The Morgan fingerprint density at radius 2 is 0.630 bits per heavy atom. The summed E-state index contributed by atoms with van der Waals surface area (Å²) in [6.45, 7) is 24.2. The van der Waals surface area contributed by atoms with Gasteiger partial charge in [0, 0.05) is 107 Å². The van der Waals surface area contributed by atoms with Gasteiger partial charge >= 0.3 is 0 Å². The number of nitrogens with zero attached hydrogens (tertiary/aromatic N) is 15. The molecule has 0 bridgehead atoms. The van der Waals surface area contributed by atoms with Gasteiger partial charge in [0.05, 0.1) is 86.8 Å². The summed E-state index contributed by atoms with van der Waals surface area (Å²) >= 11 is 0. The minimum atomic E-state index is -0.549. The number of aromatic nitrogens is 10. The zero-order valence-corrected chi connectivity index (χ0v) is 79.6. The zero-order chi connectivity index (χ0) is 96.6. The third kappa shape index (κ3) is 30.6. The molecule has 0 aliphatic carbocycles. The number of amides is 5. The number of hydrogen-bond acceptors (Lipinski definition) is 20. The van der Waals surface area contributed by atoms with E-state index in [0.29, 0.717) is 24.2 Å². The number of imidazole rings is 5. The van der Waals surface area contributed by atoms with Crippen molar-refractivity contribution in [3.8, 4) is 0 Å². The van der Waals surface area contributed by atoms with Crippen LogP contribution < -0.4 is 27.4 Å². The third-order valence-corrected chi connectivity index (χ3v) is 26.1. The van der Waals surface area contributed by atoms with Crippen LogP contribution in [0.3, 0.4) is 0 Å². The number of carbonyl (C=O) groups is 5. The monoisotopic (exact) mass is 1870 g/mol. The van der Waals surface area contributed by atoms with Crippen molar-refractivity contribution in [2.45, 2.75) is 161 Å². The molecule has 0 spiro atoms. The van der Waals surface area contributed by atoms with Gasteiger partial charge in [-0.3, -0.25) is 50.0 Å². The summed E-state index contributed by atoms with van der Waals surface area (Å²) in [5, 5.41) is 42.8. The lowest BCUT2D eigenvalue weighted by molar-refractivity contribution is -0.124. The molecule has 5 aromatic heterocycles. The number of carbonyl (C=O) groups excluding carboxylic acids is 5. The van der Waals surface area contributed by atoms with Gasteiger partial charge in [-0.25, -0.2) is 52.3 Å².